The number of hydrogen-bond acceptors (Lipinski definition) is 3. The fourth-order valence-corrected chi connectivity index (χ4v) is 2.10. The van der Waals surface area contributed by atoms with E-state index in [2.05, 4.69) is 17.9 Å². The second-order valence-electron chi connectivity index (χ2n) is 3.96. The molecule has 1 aliphatic rings. The Bertz CT molecular complexity index is 394. The maximum atomic E-state index is 12.0. The van der Waals surface area contributed by atoms with Crippen molar-refractivity contribution >= 4 is 18.5 Å². The Morgan fingerprint density at radius 2 is 2.25 bits per heavy atom. The van der Waals surface area contributed by atoms with Crippen LogP contribution < -0.4 is 5.32 Å². The molecule has 0 aromatic heterocycles. The van der Waals surface area contributed by atoms with Gasteiger partial charge >= 0.3 is 0 Å². The van der Waals surface area contributed by atoms with E-state index in [9.17, 15) is 4.79 Å². The predicted molar refractivity (Wildman–Crippen MR) is 65.0 cm³/mol. The van der Waals surface area contributed by atoms with Crippen molar-refractivity contribution in [2.45, 2.75) is 30.4 Å². The summed E-state index contributed by atoms with van der Waals surface area (Å²) < 4.78 is 5.40. The molecule has 1 aromatic carbocycles. The van der Waals surface area contributed by atoms with Crippen molar-refractivity contribution < 1.29 is 9.53 Å². The summed E-state index contributed by atoms with van der Waals surface area (Å²) in [6, 6.07) is 7.40. The second-order valence-corrected chi connectivity index (χ2v) is 4.44. The van der Waals surface area contributed by atoms with Crippen molar-refractivity contribution in [3.63, 3.8) is 0 Å². The molecule has 1 saturated heterocycles. The molecule has 1 N–H and O–H groups in total. The van der Waals surface area contributed by atoms with Crippen LogP contribution in [0.5, 0.6) is 0 Å². The quantitative estimate of drug-likeness (QED) is 0.771. The molecule has 1 aliphatic heterocycles. The zero-order chi connectivity index (χ0) is 11.5. The van der Waals surface area contributed by atoms with Crippen molar-refractivity contribution in [3.8, 4) is 0 Å². The molecule has 2 rings (SSSR count). The highest BCUT2D eigenvalue weighted by atomic mass is 32.1. The maximum absolute atomic E-state index is 12.0. The number of thiol groups is 1. The van der Waals surface area contributed by atoms with Gasteiger partial charge < -0.3 is 10.1 Å². The Hall–Kier alpha value is -1.00. The molecule has 1 aromatic rings. The molecule has 2 unspecified atom stereocenters. The van der Waals surface area contributed by atoms with E-state index in [1.807, 2.05) is 25.1 Å². The zero-order valence-electron chi connectivity index (χ0n) is 9.14. The minimum atomic E-state index is -0.0760. The number of nitrogens with one attached hydrogen (secondary N) is 1. The molecular formula is C12H15NO2S. The second kappa shape index (κ2) is 4.89. The summed E-state index contributed by atoms with van der Waals surface area (Å²) in [5.74, 6) is -0.0760. The van der Waals surface area contributed by atoms with Crippen molar-refractivity contribution in [2.75, 3.05) is 6.61 Å². The number of rotatable bonds is 2. The minimum absolute atomic E-state index is 0.0760. The van der Waals surface area contributed by atoms with Gasteiger partial charge in [0.05, 0.1) is 17.7 Å². The van der Waals surface area contributed by atoms with Crippen LogP contribution in [0.4, 0.5) is 0 Å². The number of benzene rings is 1. The summed E-state index contributed by atoms with van der Waals surface area (Å²) >= 11 is 4.26. The molecule has 0 saturated carbocycles. The van der Waals surface area contributed by atoms with Crippen molar-refractivity contribution in [3.05, 3.63) is 29.8 Å². The van der Waals surface area contributed by atoms with Crippen LogP contribution >= 0.6 is 12.6 Å². The van der Waals surface area contributed by atoms with Crippen LogP contribution in [-0.4, -0.2) is 24.7 Å². The summed E-state index contributed by atoms with van der Waals surface area (Å²) in [5, 5.41) is 2.97. The van der Waals surface area contributed by atoms with Gasteiger partial charge in [-0.25, -0.2) is 0 Å². The average Bonchev–Trinajstić information content (AvgIpc) is 2.65. The number of carbonyl (C=O) groups excluding carboxylic acids is 1. The number of hydrogen-bond donors (Lipinski definition) is 2. The molecule has 0 aliphatic carbocycles. The Labute approximate surface area is 101 Å². The van der Waals surface area contributed by atoms with Crippen molar-refractivity contribution in [1.82, 2.24) is 5.32 Å². The summed E-state index contributed by atoms with van der Waals surface area (Å²) in [6.07, 6.45) is 0.970. The Balaban J connectivity index is 2.06. The molecule has 4 heteroatoms. The number of ether oxygens (including phenoxy) is 1. The Morgan fingerprint density at radius 3 is 2.88 bits per heavy atom. The van der Waals surface area contributed by atoms with Gasteiger partial charge in [-0.2, -0.15) is 0 Å². The van der Waals surface area contributed by atoms with Gasteiger partial charge in [-0.1, -0.05) is 12.1 Å². The lowest BCUT2D eigenvalue weighted by molar-refractivity contribution is 0.0863. The molecule has 0 spiro atoms. The summed E-state index contributed by atoms with van der Waals surface area (Å²) in [6.45, 7) is 2.69. The van der Waals surface area contributed by atoms with E-state index in [0.29, 0.717) is 17.1 Å². The molecule has 3 nitrogen and oxygen atoms in total. The van der Waals surface area contributed by atoms with Gasteiger partial charge in [0.1, 0.15) is 0 Å². The van der Waals surface area contributed by atoms with E-state index >= 15 is 0 Å². The third-order valence-electron chi connectivity index (χ3n) is 2.84. The smallest absolute Gasteiger partial charge is 0.252 e. The van der Waals surface area contributed by atoms with E-state index in [0.717, 1.165) is 6.42 Å². The summed E-state index contributed by atoms with van der Waals surface area (Å²) in [7, 11) is 0. The SMILES string of the molecule is CC1OCCC1NC(=O)c1ccccc1S. The summed E-state index contributed by atoms with van der Waals surface area (Å²) in [4.78, 5) is 12.7. The van der Waals surface area contributed by atoms with E-state index in [1.54, 1.807) is 6.07 Å². The van der Waals surface area contributed by atoms with Crippen LogP contribution in [0.1, 0.15) is 23.7 Å². The zero-order valence-corrected chi connectivity index (χ0v) is 10.0. The molecule has 1 amide bonds. The van der Waals surface area contributed by atoms with Gasteiger partial charge in [0, 0.05) is 11.5 Å². The Kier molecular flexibility index (Phi) is 3.51. The molecule has 16 heavy (non-hydrogen) atoms. The fraction of sp³-hybridized carbons (Fsp3) is 0.417. The first-order valence-electron chi connectivity index (χ1n) is 5.39. The number of amides is 1. The Morgan fingerprint density at radius 1 is 1.50 bits per heavy atom. The average molecular weight is 237 g/mol. The largest absolute Gasteiger partial charge is 0.376 e. The lowest BCUT2D eigenvalue weighted by atomic mass is 10.1. The predicted octanol–water partition coefficient (Wildman–Crippen LogP) is 1.88. The topological polar surface area (TPSA) is 38.3 Å². The molecule has 0 bridgehead atoms. The van der Waals surface area contributed by atoms with Gasteiger partial charge in [-0.15, -0.1) is 12.6 Å². The highest BCUT2D eigenvalue weighted by Crippen LogP contribution is 2.16. The summed E-state index contributed by atoms with van der Waals surface area (Å²) in [5.41, 5.74) is 0.616. The van der Waals surface area contributed by atoms with Gasteiger partial charge in [-0.3, -0.25) is 4.79 Å². The molecule has 86 valence electrons. The fourth-order valence-electron chi connectivity index (χ4n) is 1.83. The molecular weight excluding hydrogens is 222 g/mol. The van der Waals surface area contributed by atoms with Crippen LogP contribution in [0, 0.1) is 0 Å². The third-order valence-corrected chi connectivity index (χ3v) is 3.23. The van der Waals surface area contributed by atoms with E-state index in [-0.39, 0.29) is 18.1 Å². The molecule has 1 heterocycles. The highest BCUT2D eigenvalue weighted by molar-refractivity contribution is 7.80. The van der Waals surface area contributed by atoms with Gasteiger partial charge in [-0.05, 0) is 25.5 Å². The molecule has 1 fully saturated rings. The van der Waals surface area contributed by atoms with Crippen LogP contribution in [0.2, 0.25) is 0 Å². The van der Waals surface area contributed by atoms with Crippen LogP contribution in [0.15, 0.2) is 29.2 Å². The van der Waals surface area contributed by atoms with Crippen LogP contribution in [0.3, 0.4) is 0 Å². The highest BCUT2D eigenvalue weighted by Gasteiger charge is 2.26. The van der Waals surface area contributed by atoms with Gasteiger partial charge in [0.15, 0.2) is 0 Å². The first-order chi connectivity index (χ1) is 7.68. The molecule has 2 atom stereocenters. The lowest BCUT2D eigenvalue weighted by Gasteiger charge is -2.16. The van der Waals surface area contributed by atoms with Crippen molar-refractivity contribution in [1.29, 1.82) is 0 Å². The molecule has 0 radical (unpaired) electrons. The first kappa shape index (κ1) is 11.5. The normalized spacial score (nSPS) is 24.4. The van der Waals surface area contributed by atoms with E-state index < -0.39 is 0 Å². The van der Waals surface area contributed by atoms with Gasteiger partial charge in [0.2, 0.25) is 0 Å². The maximum Gasteiger partial charge on any atom is 0.252 e. The minimum Gasteiger partial charge on any atom is -0.376 e. The lowest BCUT2D eigenvalue weighted by Crippen LogP contribution is -2.39. The first-order valence-corrected chi connectivity index (χ1v) is 5.83. The number of carbonyl (C=O) groups is 1. The van der Waals surface area contributed by atoms with Crippen molar-refractivity contribution in [2.24, 2.45) is 0 Å². The van der Waals surface area contributed by atoms with Crippen LogP contribution in [0.25, 0.3) is 0 Å². The van der Waals surface area contributed by atoms with E-state index in [4.69, 9.17) is 4.74 Å². The monoisotopic (exact) mass is 237 g/mol. The standard InChI is InChI=1S/C12H15NO2S/c1-8-10(6-7-15-8)13-12(14)9-4-2-3-5-11(9)16/h2-5,8,10,16H,6-7H2,1H3,(H,13,14). The third kappa shape index (κ3) is 2.39. The van der Waals surface area contributed by atoms with Crippen LogP contribution in [-0.2, 0) is 4.74 Å². The van der Waals surface area contributed by atoms with E-state index in [1.165, 1.54) is 0 Å². The van der Waals surface area contributed by atoms with Gasteiger partial charge in [0.25, 0.3) is 5.91 Å².